The fourth-order valence-electron chi connectivity index (χ4n) is 1.00. The largest absolute Gasteiger partial charge is 0.481 e. The first-order valence-electron chi connectivity index (χ1n) is 5.16. The van der Waals surface area contributed by atoms with E-state index >= 15 is 0 Å². The molecule has 0 amide bonds. The molecule has 0 aromatic rings. The van der Waals surface area contributed by atoms with Crippen molar-refractivity contribution in [3.63, 3.8) is 0 Å². The summed E-state index contributed by atoms with van der Waals surface area (Å²) in [4.78, 5) is 12.4. The molecule has 0 aromatic heterocycles. The standard InChI is InChI=1S/C10H22N2O2/c1-9(2)12(3)8-7-11-6-4-5-10(13)14/h9,11H,4-8H2,1-3H3,(H,13,14). The Balaban J connectivity index is 3.17. The molecule has 0 spiro atoms. The lowest BCUT2D eigenvalue weighted by Crippen LogP contribution is -2.34. The molecule has 0 aromatic carbocycles. The van der Waals surface area contributed by atoms with Gasteiger partial charge in [0.05, 0.1) is 0 Å². The zero-order valence-electron chi connectivity index (χ0n) is 9.42. The monoisotopic (exact) mass is 202 g/mol. The van der Waals surface area contributed by atoms with Gasteiger partial charge in [0.1, 0.15) is 0 Å². The van der Waals surface area contributed by atoms with E-state index in [1.165, 1.54) is 0 Å². The van der Waals surface area contributed by atoms with Gasteiger partial charge in [-0.15, -0.1) is 0 Å². The second kappa shape index (κ2) is 7.76. The Morgan fingerprint density at radius 2 is 2.07 bits per heavy atom. The molecule has 4 nitrogen and oxygen atoms in total. The number of aliphatic carboxylic acids is 1. The van der Waals surface area contributed by atoms with E-state index in [2.05, 4.69) is 31.1 Å². The fourth-order valence-corrected chi connectivity index (χ4v) is 1.00. The molecular weight excluding hydrogens is 180 g/mol. The van der Waals surface area contributed by atoms with Crippen molar-refractivity contribution in [2.24, 2.45) is 0 Å². The maximum Gasteiger partial charge on any atom is 0.303 e. The van der Waals surface area contributed by atoms with Crippen molar-refractivity contribution >= 4 is 5.97 Å². The van der Waals surface area contributed by atoms with Crippen LogP contribution in [-0.4, -0.2) is 48.7 Å². The van der Waals surface area contributed by atoms with Crippen molar-refractivity contribution in [3.8, 4) is 0 Å². The fraction of sp³-hybridized carbons (Fsp3) is 0.900. The Hall–Kier alpha value is -0.610. The first-order chi connectivity index (χ1) is 6.54. The van der Waals surface area contributed by atoms with Crippen LogP contribution in [0, 0.1) is 0 Å². The van der Waals surface area contributed by atoms with Gasteiger partial charge in [-0.3, -0.25) is 4.79 Å². The molecule has 84 valence electrons. The highest BCUT2D eigenvalue weighted by molar-refractivity contribution is 5.66. The van der Waals surface area contributed by atoms with E-state index in [1.54, 1.807) is 0 Å². The van der Waals surface area contributed by atoms with E-state index in [9.17, 15) is 4.79 Å². The minimum Gasteiger partial charge on any atom is -0.481 e. The first-order valence-corrected chi connectivity index (χ1v) is 5.16. The van der Waals surface area contributed by atoms with Crippen molar-refractivity contribution in [1.29, 1.82) is 0 Å². The van der Waals surface area contributed by atoms with E-state index < -0.39 is 5.97 Å². The smallest absolute Gasteiger partial charge is 0.303 e. The van der Waals surface area contributed by atoms with Crippen LogP contribution in [0.4, 0.5) is 0 Å². The molecule has 0 aliphatic carbocycles. The van der Waals surface area contributed by atoms with Crippen LogP contribution in [0.5, 0.6) is 0 Å². The van der Waals surface area contributed by atoms with Crippen LogP contribution < -0.4 is 5.32 Å². The normalized spacial score (nSPS) is 11.2. The summed E-state index contributed by atoms with van der Waals surface area (Å²) in [5.74, 6) is -0.717. The summed E-state index contributed by atoms with van der Waals surface area (Å²) in [5, 5.41) is 11.6. The summed E-state index contributed by atoms with van der Waals surface area (Å²) in [6, 6.07) is 0.566. The Morgan fingerprint density at radius 3 is 2.57 bits per heavy atom. The predicted molar refractivity (Wildman–Crippen MR) is 57.5 cm³/mol. The Bertz CT molecular complexity index is 160. The zero-order chi connectivity index (χ0) is 11.0. The van der Waals surface area contributed by atoms with E-state index in [1.807, 2.05) is 0 Å². The average molecular weight is 202 g/mol. The molecule has 0 unspecified atom stereocenters. The maximum atomic E-state index is 10.2. The molecule has 0 saturated heterocycles. The third kappa shape index (κ3) is 8.01. The molecule has 0 rings (SSSR count). The quantitative estimate of drug-likeness (QED) is 0.571. The van der Waals surface area contributed by atoms with Gasteiger partial charge in [0.25, 0.3) is 0 Å². The molecule has 2 N–H and O–H groups in total. The van der Waals surface area contributed by atoms with Crippen LogP contribution in [0.15, 0.2) is 0 Å². The van der Waals surface area contributed by atoms with E-state index in [0.717, 1.165) is 19.6 Å². The highest BCUT2D eigenvalue weighted by Gasteiger charge is 2.01. The van der Waals surface area contributed by atoms with Crippen molar-refractivity contribution in [1.82, 2.24) is 10.2 Å². The molecule has 0 fully saturated rings. The van der Waals surface area contributed by atoms with Gasteiger partial charge in [-0.25, -0.2) is 0 Å². The lowest BCUT2D eigenvalue weighted by Gasteiger charge is -2.20. The second-order valence-electron chi connectivity index (χ2n) is 3.82. The van der Waals surface area contributed by atoms with Crippen LogP contribution in [0.3, 0.4) is 0 Å². The average Bonchev–Trinajstić information content (AvgIpc) is 2.09. The predicted octanol–water partition coefficient (Wildman–Crippen LogP) is 0.781. The molecule has 0 bridgehead atoms. The molecule has 0 atom stereocenters. The zero-order valence-corrected chi connectivity index (χ0v) is 9.42. The van der Waals surface area contributed by atoms with Crippen LogP contribution in [0.1, 0.15) is 26.7 Å². The number of carboxylic acid groups (broad SMARTS) is 1. The van der Waals surface area contributed by atoms with E-state index in [4.69, 9.17) is 5.11 Å². The highest BCUT2D eigenvalue weighted by Crippen LogP contribution is 1.91. The summed E-state index contributed by atoms with van der Waals surface area (Å²) >= 11 is 0. The number of likely N-dealkylation sites (N-methyl/N-ethyl adjacent to an activating group) is 1. The lowest BCUT2D eigenvalue weighted by atomic mass is 10.3. The SMILES string of the molecule is CC(C)N(C)CCNCCCC(=O)O. The Morgan fingerprint density at radius 1 is 1.43 bits per heavy atom. The molecule has 14 heavy (non-hydrogen) atoms. The van der Waals surface area contributed by atoms with Crippen LogP contribution in [-0.2, 0) is 4.79 Å². The van der Waals surface area contributed by atoms with Crippen molar-refractivity contribution in [3.05, 3.63) is 0 Å². The Labute approximate surface area is 86.3 Å². The number of carbonyl (C=O) groups is 1. The lowest BCUT2D eigenvalue weighted by molar-refractivity contribution is -0.137. The molecule has 0 heterocycles. The minimum atomic E-state index is -0.717. The van der Waals surface area contributed by atoms with Crippen LogP contribution in [0.2, 0.25) is 0 Å². The van der Waals surface area contributed by atoms with Crippen molar-refractivity contribution in [2.75, 3.05) is 26.7 Å². The van der Waals surface area contributed by atoms with E-state index in [-0.39, 0.29) is 6.42 Å². The highest BCUT2D eigenvalue weighted by atomic mass is 16.4. The van der Waals surface area contributed by atoms with Gasteiger partial charge in [0, 0.05) is 25.6 Å². The van der Waals surface area contributed by atoms with Crippen LogP contribution in [0.25, 0.3) is 0 Å². The summed E-state index contributed by atoms with van der Waals surface area (Å²) < 4.78 is 0. The molecule has 4 heteroatoms. The van der Waals surface area contributed by atoms with Gasteiger partial charge < -0.3 is 15.3 Å². The number of nitrogens with one attached hydrogen (secondary N) is 1. The minimum absolute atomic E-state index is 0.257. The van der Waals surface area contributed by atoms with Gasteiger partial charge in [-0.05, 0) is 33.9 Å². The van der Waals surface area contributed by atoms with Crippen molar-refractivity contribution in [2.45, 2.75) is 32.7 Å². The molecule has 0 aliphatic heterocycles. The summed E-state index contributed by atoms with van der Waals surface area (Å²) in [6.45, 7) is 7.03. The topological polar surface area (TPSA) is 52.6 Å². The van der Waals surface area contributed by atoms with Crippen LogP contribution >= 0.6 is 0 Å². The Kier molecular flexibility index (Phi) is 7.42. The number of hydrogen-bond acceptors (Lipinski definition) is 3. The summed E-state index contributed by atoms with van der Waals surface area (Å²) in [6.07, 6.45) is 0.966. The van der Waals surface area contributed by atoms with Gasteiger partial charge in [-0.2, -0.15) is 0 Å². The third-order valence-electron chi connectivity index (χ3n) is 2.27. The van der Waals surface area contributed by atoms with Gasteiger partial charge in [0.15, 0.2) is 0 Å². The molecular formula is C10H22N2O2. The van der Waals surface area contributed by atoms with Gasteiger partial charge in [0.2, 0.25) is 0 Å². The maximum absolute atomic E-state index is 10.2. The number of carboxylic acids is 1. The summed E-state index contributed by atoms with van der Waals surface area (Å²) in [7, 11) is 2.09. The number of nitrogens with zero attached hydrogens (tertiary/aromatic N) is 1. The second-order valence-corrected chi connectivity index (χ2v) is 3.82. The first kappa shape index (κ1) is 13.4. The molecule has 0 radical (unpaired) electrons. The van der Waals surface area contributed by atoms with E-state index in [0.29, 0.717) is 12.5 Å². The third-order valence-corrected chi connectivity index (χ3v) is 2.27. The summed E-state index contributed by atoms with van der Waals surface area (Å²) in [5.41, 5.74) is 0. The van der Waals surface area contributed by atoms with Crippen molar-refractivity contribution < 1.29 is 9.90 Å². The molecule has 0 aliphatic rings. The van der Waals surface area contributed by atoms with Gasteiger partial charge in [-0.1, -0.05) is 0 Å². The molecule has 0 saturated carbocycles. The van der Waals surface area contributed by atoms with Gasteiger partial charge >= 0.3 is 5.97 Å². The number of hydrogen-bond donors (Lipinski definition) is 2. The number of rotatable bonds is 8.